The number of rotatable bonds is 5. The standard InChI is InChI=1S/C17H24N4O2/c22-16(19-13-17(23)8-3-1-4-9-17)18-10-7-14-12-21-11-5-2-6-15(21)20-14/h2,5-6,11-12,23H,1,3-4,7-10,13H2,(H2,18,19,22). The number of pyridine rings is 1. The van der Waals surface area contributed by atoms with Gasteiger partial charge in [0.05, 0.1) is 11.3 Å². The Bertz CT molecular complexity index is 628. The summed E-state index contributed by atoms with van der Waals surface area (Å²) in [5, 5.41) is 16.0. The Labute approximate surface area is 135 Å². The number of nitrogens with zero attached hydrogens (tertiary/aromatic N) is 2. The van der Waals surface area contributed by atoms with Gasteiger partial charge in [0.25, 0.3) is 0 Å². The summed E-state index contributed by atoms with van der Waals surface area (Å²) in [6, 6.07) is 5.63. The van der Waals surface area contributed by atoms with Gasteiger partial charge in [-0.1, -0.05) is 25.3 Å². The number of amides is 2. The van der Waals surface area contributed by atoms with Gasteiger partial charge in [0.2, 0.25) is 0 Å². The summed E-state index contributed by atoms with van der Waals surface area (Å²) in [7, 11) is 0. The molecule has 0 unspecified atom stereocenters. The average molecular weight is 316 g/mol. The summed E-state index contributed by atoms with van der Waals surface area (Å²) in [6.07, 6.45) is 9.40. The molecule has 0 aliphatic heterocycles. The highest BCUT2D eigenvalue weighted by molar-refractivity contribution is 5.73. The first kappa shape index (κ1) is 15.8. The molecule has 0 saturated heterocycles. The molecule has 6 heteroatoms. The summed E-state index contributed by atoms with van der Waals surface area (Å²) in [4.78, 5) is 16.3. The van der Waals surface area contributed by atoms with Gasteiger partial charge < -0.3 is 20.1 Å². The topological polar surface area (TPSA) is 78.7 Å². The Morgan fingerprint density at radius 1 is 1.26 bits per heavy atom. The van der Waals surface area contributed by atoms with Gasteiger partial charge in [-0.15, -0.1) is 0 Å². The van der Waals surface area contributed by atoms with Crippen molar-refractivity contribution in [2.75, 3.05) is 13.1 Å². The highest BCUT2D eigenvalue weighted by Gasteiger charge is 2.29. The van der Waals surface area contributed by atoms with Crippen molar-refractivity contribution in [3.8, 4) is 0 Å². The van der Waals surface area contributed by atoms with E-state index >= 15 is 0 Å². The normalized spacial score (nSPS) is 17.1. The quantitative estimate of drug-likeness (QED) is 0.788. The van der Waals surface area contributed by atoms with E-state index in [4.69, 9.17) is 0 Å². The van der Waals surface area contributed by atoms with Gasteiger partial charge >= 0.3 is 6.03 Å². The van der Waals surface area contributed by atoms with E-state index in [2.05, 4.69) is 15.6 Å². The number of urea groups is 1. The van der Waals surface area contributed by atoms with Gasteiger partial charge in [-0.2, -0.15) is 0 Å². The second kappa shape index (κ2) is 7.00. The molecule has 3 N–H and O–H groups in total. The fourth-order valence-corrected chi connectivity index (χ4v) is 3.11. The van der Waals surface area contributed by atoms with Crippen molar-refractivity contribution < 1.29 is 9.90 Å². The van der Waals surface area contributed by atoms with Gasteiger partial charge in [-0.05, 0) is 25.0 Å². The van der Waals surface area contributed by atoms with E-state index in [-0.39, 0.29) is 6.03 Å². The minimum absolute atomic E-state index is 0.229. The van der Waals surface area contributed by atoms with Crippen LogP contribution in [0.1, 0.15) is 37.8 Å². The minimum Gasteiger partial charge on any atom is -0.388 e. The zero-order valence-electron chi connectivity index (χ0n) is 13.3. The van der Waals surface area contributed by atoms with Crippen molar-refractivity contribution >= 4 is 11.7 Å². The van der Waals surface area contributed by atoms with Gasteiger partial charge in [0.1, 0.15) is 5.65 Å². The third-order valence-electron chi connectivity index (χ3n) is 4.44. The highest BCUT2D eigenvalue weighted by atomic mass is 16.3. The van der Waals surface area contributed by atoms with Crippen LogP contribution in [0, 0.1) is 0 Å². The first-order valence-corrected chi connectivity index (χ1v) is 8.31. The van der Waals surface area contributed by atoms with E-state index in [0.29, 0.717) is 19.5 Å². The number of imidazole rings is 1. The number of hydrogen-bond donors (Lipinski definition) is 3. The van der Waals surface area contributed by atoms with Crippen LogP contribution in [0.5, 0.6) is 0 Å². The van der Waals surface area contributed by atoms with Gasteiger partial charge in [-0.25, -0.2) is 9.78 Å². The Hall–Kier alpha value is -2.08. The van der Waals surface area contributed by atoms with Crippen molar-refractivity contribution in [2.24, 2.45) is 0 Å². The van der Waals surface area contributed by atoms with E-state index in [1.54, 1.807) is 0 Å². The molecule has 1 fully saturated rings. The molecule has 0 atom stereocenters. The number of carbonyl (C=O) groups excluding carboxylic acids is 1. The van der Waals surface area contributed by atoms with E-state index in [1.165, 1.54) is 6.42 Å². The van der Waals surface area contributed by atoms with Gasteiger partial charge in [0, 0.05) is 31.9 Å². The maximum absolute atomic E-state index is 11.8. The SMILES string of the molecule is O=C(NCCc1cn2ccccc2n1)NCC1(O)CCCCC1. The second-order valence-electron chi connectivity index (χ2n) is 6.34. The molecule has 2 aromatic rings. The molecule has 1 saturated carbocycles. The summed E-state index contributed by atoms with van der Waals surface area (Å²) in [5.41, 5.74) is 1.13. The van der Waals surface area contributed by atoms with Crippen molar-refractivity contribution in [1.29, 1.82) is 0 Å². The molecule has 1 aliphatic rings. The van der Waals surface area contributed by atoms with Crippen LogP contribution in [0.4, 0.5) is 4.79 Å². The lowest BCUT2D eigenvalue weighted by Crippen LogP contribution is -2.47. The molecular formula is C17H24N4O2. The molecule has 0 aromatic carbocycles. The summed E-state index contributed by atoms with van der Waals surface area (Å²) < 4.78 is 1.97. The van der Waals surface area contributed by atoms with Crippen LogP contribution in [0.25, 0.3) is 5.65 Å². The van der Waals surface area contributed by atoms with Crippen LogP contribution in [0.15, 0.2) is 30.6 Å². The number of aliphatic hydroxyl groups is 1. The zero-order valence-corrected chi connectivity index (χ0v) is 13.3. The van der Waals surface area contributed by atoms with Crippen LogP contribution in [0.3, 0.4) is 0 Å². The van der Waals surface area contributed by atoms with Gasteiger partial charge in [0.15, 0.2) is 0 Å². The molecule has 124 valence electrons. The van der Waals surface area contributed by atoms with E-state index < -0.39 is 5.60 Å². The molecule has 23 heavy (non-hydrogen) atoms. The number of carbonyl (C=O) groups is 1. The second-order valence-corrected chi connectivity index (χ2v) is 6.34. The fourth-order valence-electron chi connectivity index (χ4n) is 3.11. The molecule has 6 nitrogen and oxygen atoms in total. The van der Waals surface area contributed by atoms with Crippen LogP contribution in [-0.2, 0) is 6.42 Å². The molecule has 0 bridgehead atoms. The summed E-state index contributed by atoms with van der Waals surface area (Å²) >= 11 is 0. The highest BCUT2D eigenvalue weighted by Crippen LogP contribution is 2.27. The van der Waals surface area contributed by atoms with Gasteiger partial charge in [-0.3, -0.25) is 0 Å². The molecule has 2 aromatic heterocycles. The molecular weight excluding hydrogens is 292 g/mol. The summed E-state index contributed by atoms with van der Waals surface area (Å²) in [6.45, 7) is 0.849. The molecule has 3 rings (SSSR count). The first-order chi connectivity index (χ1) is 11.1. The third kappa shape index (κ3) is 4.22. The van der Waals surface area contributed by atoms with Crippen molar-refractivity contribution in [3.63, 3.8) is 0 Å². The molecule has 1 aliphatic carbocycles. The van der Waals surface area contributed by atoms with E-state index in [1.807, 2.05) is 35.0 Å². The van der Waals surface area contributed by atoms with Crippen LogP contribution in [0.2, 0.25) is 0 Å². The van der Waals surface area contributed by atoms with Crippen LogP contribution in [-0.4, -0.2) is 39.2 Å². The lowest BCUT2D eigenvalue weighted by Gasteiger charge is -2.32. The van der Waals surface area contributed by atoms with Crippen LogP contribution < -0.4 is 10.6 Å². The average Bonchev–Trinajstić information content (AvgIpc) is 2.96. The molecule has 0 radical (unpaired) electrons. The van der Waals surface area contributed by atoms with Crippen molar-refractivity contribution in [3.05, 3.63) is 36.3 Å². The monoisotopic (exact) mass is 316 g/mol. The van der Waals surface area contributed by atoms with Crippen molar-refractivity contribution in [2.45, 2.75) is 44.1 Å². The zero-order chi connectivity index (χ0) is 16.1. The number of nitrogens with one attached hydrogen (secondary N) is 2. The maximum Gasteiger partial charge on any atom is 0.314 e. The Morgan fingerprint density at radius 3 is 2.87 bits per heavy atom. The molecule has 0 spiro atoms. The van der Waals surface area contributed by atoms with E-state index in [9.17, 15) is 9.90 Å². The number of hydrogen-bond acceptors (Lipinski definition) is 3. The maximum atomic E-state index is 11.8. The summed E-state index contributed by atoms with van der Waals surface area (Å²) in [5.74, 6) is 0. The Kier molecular flexibility index (Phi) is 4.81. The number of aromatic nitrogens is 2. The van der Waals surface area contributed by atoms with Crippen LogP contribution >= 0.6 is 0 Å². The van der Waals surface area contributed by atoms with Crippen molar-refractivity contribution in [1.82, 2.24) is 20.0 Å². The minimum atomic E-state index is -0.725. The Balaban J connectivity index is 1.40. The predicted molar refractivity (Wildman–Crippen MR) is 88.3 cm³/mol. The predicted octanol–water partition coefficient (Wildman–Crippen LogP) is 1.87. The smallest absolute Gasteiger partial charge is 0.314 e. The van der Waals surface area contributed by atoms with E-state index in [0.717, 1.165) is 37.0 Å². The lowest BCUT2D eigenvalue weighted by molar-refractivity contribution is 0.00720. The first-order valence-electron chi connectivity index (χ1n) is 8.31. The largest absolute Gasteiger partial charge is 0.388 e. The lowest BCUT2D eigenvalue weighted by atomic mass is 9.85. The third-order valence-corrected chi connectivity index (χ3v) is 4.44. The Morgan fingerprint density at radius 2 is 2.09 bits per heavy atom. The fraction of sp³-hybridized carbons (Fsp3) is 0.529. The molecule has 2 heterocycles. The number of fused-ring (bicyclic) bond motifs is 1. The molecule has 2 amide bonds.